The number of aromatic amines is 1. The first-order valence-electron chi connectivity index (χ1n) is 13.2. The smallest absolute Gasteiger partial charge is 0.316 e. The molecule has 1 aliphatic heterocycles. The third-order valence-electron chi connectivity index (χ3n) is 8.89. The summed E-state index contributed by atoms with van der Waals surface area (Å²) in [4.78, 5) is 24.9. The van der Waals surface area contributed by atoms with Crippen LogP contribution in [0.1, 0.15) is 55.6 Å². The van der Waals surface area contributed by atoms with Crippen molar-refractivity contribution in [3.05, 3.63) is 24.4 Å². The van der Waals surface area contributed by atoms with E-state index in [-0.39, 0.29) is 17.8 Å². The molecule has 0 radical (unpaired) electrons. The molecule has 5 atom stereocenters. The van der Waals surface area contributed by atoms with Crippen molar-refractivity contribution < 1.29 is 19.2 Å². The first-order chi connectivity index (χ1) is 17.5. The number of carbonyl (C=O) groups excluding carboxylic acids is 1. The molecule has 4 saturated carbocycles. The van der Waals surface area contributed by atoms with Crippen LogP contribution < -0.4 is 10.6 Å². The minimum absolute atomic E-state index is 0.0472. The number of hydrogen-bond donors (Lipinski definition) is 4. The van der Waals surface area contributed by atoms with Crippen molar-refractivity contribution in [2.24, 2.45) is 23.7 Å². The van der Waals surface area contributed by atoms with Crippen LogP contribution in [0.4, 0.5) is 5.69 Å². The fourth-order valence-corrected chi connectivity index (χ4v) is 7.40. The molecule has 10 nitrogen and oxygen atoms in total. The molecule has 0 spiro atoms. The van der Waals surface area contributed by atoms with E-state index in [2.05, 4.69) is 30.7 Å². The second-order valence-electron chi connectivity index (χ2n) is 11.3. The Labute approximate surface area is 208 Å². The van der Waals surface area contributed by atoms with E-state index in [1.165, 1.54) is 0 Å². The number of nitrogens with zero attached hydrogens (tertiary/aromatic N) is 3. The molecule has 190 valence electrons. The standard InChI is InChI=1S/C26H32N6O4/c33-24(29-12-14-2-5-35-6-3-14)25-31-23(32-36-25)19-13-28-22-18(1-4-27-22)21(19)30-20-16-7-15-8-17(20)11-26(34,9-15)10-16/h1,4,13-17,20,34H,2-3,5-12H2,(H,29,33)(H2,27,28,30)/t15?,16-,17+,20+,26-. The molecule has 5 fully saturated rings. The average Bonchev–Trinajstić information content (AvgIpc) is 3.54. The van der Waals surface area contributed by atoms with Crippen LogP contribution in [0.2, 0.25) is 0 Å². The number of anilines is 1. The molecule has 1 saturated heterocycles. The van der Waals surface area contributed by atoms with Crippen LogP contribution in [-0.4, -0.2) is 62.5 Å². The lowest BCUT2D eigenvalue weighted by atomic mass is 9.52. The molecule has 10 heteroatoms. The normalized spacial score (nSPS) is 31.7. The predicted octanol–water partition coefficient (Wildman–Crippen LogP) is 3.12. The zero-order valence-corrected chi connectivity index (χ0v) is 20.2. The van der Waals surface area contributed by atoms with Gasteiger partial charge in [-0.2, -0.15) is 4.98 Å². The van der Waals surface area contributed by atoms with Crippen molar-refractivity contribution in [1.82, 2.24) is 25.4 Å². The van der Waals surface area contributed by atoms with Gasteiger partial charge in [0.05, 0.1) is 16.9 Å². The summed E-state index contributed by atoms with van der Waals surface area (Å²) in [6, 6.07) is 2.27. The maximum absolute atomic E-state index is 12.7. The minimum atomic E-state index is -0.486. The molecular weight excluding hydrogens is 460 g/mol. The van der Waals surface area contributed by atoms with E-state index < -0.39 is 5.60 Å². The van der Waals surface area contributed by atoms with Crippen molar-refractivity contribution in [3.63, 3.8) is 0 Å². The zero-order chi connectivity index (χ0) is 24.3. The molecular formula is C26H32N6O4. The van der Waals surface area contributed by atoms with E-state index in [0.717, 1.165) is 74.9 Å². The van der Waals surface area contributed by atoms with E-state index in [1.807, 2.05) is 12.3 Å². The molecule has 3 aromatic heterocycles. The number of rotatable bonds is 6. The van der Waals surface area contributed by atoms with Crippen molar-refractivity contribution in [3.8, 4) is 11.4 Å². The Morgan fingerprint density at radius 1 is 1.19 bits per heavy atom. The molecule has 1 unspecified atom stereocenters. The third kappa shape index (κ3) is 3.87. The first kappa shape index (κ1) is 22.2. The summed E-state index contributed by atoms with van der Waals surface area (Å²) < 4.78 is 10.8. The highest BCUT2D eigenvalue weighted by Crippen LogP contribution is 2.56. The quantitative estimate of drug-likeness (QED) is 0.412. The van der Waals surface area contributed by atoms with Crippen molar-refractivity contribution in [2.45, 2.75) is 56.6 Å². The van der Waals surface area contributed by atoms with Crippen LogP contribution in [0.15, 0.2) is 23.0 Å². The van der Waals surface area contributed by atoms with Gasteiger partial charge in [0.1, 0.15) is 5.65 Å². The summed E-state index contributed by atoms with van der Waals surface area (Å²) in [5, 5.41) is 22.9. The number of H-pyrrole nitrogens is 1. The lowest BCUT2D eigenvalue weighted by Gasteiger charge is -2.58. The Morgan fingerprint density at radius 2 is 2.00 bits per heavy atom. The van der Waals surface area contributed by atoms with Crippen molar-refractivity contribution >= 4 is 22.6 Å². The zero-order valence-electron chi connectivity index (χ0n) is 20.2. The van der Waals surface area contributed by atoms with Gasteiger partial charge in [0.2, 0.25) is 5.82 Å². The van der Waals surface area contributed by atoms with Crippen LogP contribution in [-0.2, 0) is 4.74 Å². The Bertz CT molecular complexity index is 1260. The van der Waals surface area contributed by atoms with Gasteiger partial charge in [-0.05, 0) is 74.7 Å². The Morgan fingerprint density at radius 3 is 2.78 bits per heavy atom. The fraction of sp³-hybridized carbons (Fsp3) is 0.615. The van der Waals surface area contributed by atoms with E-state index in [0.29, 0.717) is 41.6 Å². The van der Waals surface area contributed by atoms with Gasteiger partial charge >= 0.3 is 11.8 Å². The maximum atomic E-state index is 12.7. The Balaban J connectivity index is 1.15. The van der Waals surface area contributed by atoms with Gasteiger partial charge in [-0.1, -0.05) is 5.16 Å². The van der Waals surface area contributed by atoms with E-state index in [1.54, 1.807) is 6.20 Å². The second-order valence-corrected chi connectivity index (χ2v) is 11.3. The molecule has 8 rings (SSSR count). The molecule has 4 N–H and O–H groups in total. The van der Waals surface area contributed by atoms with Gasteiger partial charge in [0.15, 0.2) is 0 Å². The Kier molecular flexibility index (Phi) is 5.28. The lowest BCUT2D eigenvalue weighted by molar-refractivity contribution is -0.129. The highest BCUT2D eigenvalue weighted by Gasteiger charge is 2.54. The van der Waals surface area contributed by atoms with Crippen LogP contribution in [0.5, 0.6) is 0 Å². The highest BCUT2D eigenvalue weighted by molar-refractivity contribution is 5.97. The molecule has 3 aromatic rings. The van der Waals surface area contributed by atoms with Crippen LogP contribution >= 0.6 is 0 Å². The molecule has 4 heterocycles. The predicted molar refractivity (Wildman–Crippen MR) is 131 cm³/mol. The number of hydrogen-bond acceptors (Lipinski definition) is 8. The van der Waals surface area contributed by atoms with Gasteiger partial charge in [0, 0.05) is 43.6 Å². The lowest BCUT2D eigenvalue weighted by Crippen LogP contribution is -2.59. The minimum Gasteiger partial charge on any atom is -0.390 e. The van der Waals surface area contributed by atoms with Gasteiger partial charge < -0.3 is 30.0 Å². The van der Waals surface area contributed by atoms with E-state index in [9.17, 15) is 9.90 Å². The second kappa shape index (κ2) is 8.55. The molecule has 4 aliphatic carbocycles. The number of carbonyl (C=O) groups is 1. The molecule has 36 heavy (non-hydrogen) atoms. The topological polar surface area (TPSA) is 138 Å². The summed E-state index contributed by atoms with van der Waals surface area (Å²) in [6.45, 7) is 2.04. The number of aromatic nitrogens is 4. The number of fused-ring (bicyclic) bond motifs is 1. The monoisotopic (exact) mass is 492 g/mol. The summed E-state index contributed by atoms with van der Waals surface area (Å²) in [6.07, 6.45) is 10.5. The summed E-state index contributed by atoms with van der Waals surface area (Å²) in [7, 11) is 0. The number of nitrogens with one attached hydrogen (secondary N) is 3. The maximum Gasteiger partial charge on any atom is 0.316 e. The van der Waals surface area contributed by atoms with Gasteiger partial charge in [0.25, 0.3) is 0 Å². The largest absolute Gasteiger partial charge is 0.390 e. The van der Waals surface area contributed by atoms with Gasteiger partial charge in [-0.25, -0.2) is 4.98 Å². The SMILES string of the molecule is O=C(NCC1CCOCC1)c1nc(-c2cnc3[nH]ccc3c2N[C@H]2[C@@H]3CC4C[C@H]2C[C@@](O)(C4)C3)no1. The van der Waals surface area contributed by atoms with E-state index >= 15 is 0 Å². The summed E-state index contributed by atoms with van der Waals surface area (Å²) in [5.74, 6) is 1.84. The molecule has 1 amide bonds. The number of pyridine rings is 1. The number of ether oxygens (including phenoxy) is 1. The average molecular weight is 493 g/mol. The highest BCUT2D eigenvalue weighted by atomic mass is 16.5. The van der Waals surface area contributed by atoms with Crippen LogP contribution in [0.3, 0.4) is 0 Å². The van der Waals surface area contributed by atoms with Crippen molar-refractivity contribution in [1.29, 1.82) is 0 Å². The number of amides is 1. The molecule has 4 bridgehead atoms. The summed E-state index contributed by atoms with van der Waals surface area (Å²) >= 11 is 0. The third-order valence-corrected chi connectivity index (χ3v) is 8.89. The molecule has 5 aliphatic rings. The van der Waals surface area contributed by atoms with Gasteiger partial charge in [-0.3, -0.25) is 4.79 Å². The van der Waals surface area contributed by atoms with Gasteiger partial charge in [-0.15, -0.1) is 0 Å². The van der Waals surface area contributed by atoms with Crippen LogP contribution in [0.25, 0.3) is 22.4 Å². The van der Waals surface area contributed by atoms with Crippen molar-refractivity contribution in [2.75, 3.05) is 25.1 Å². The summed E-state index contributed by atoms with van der Waals surface area (Å²) in [5.41, 5.74) is 1.91. The van der Waals surface area contributed by atoms with Crippen LogP contribution in [0, 0.1) is 23.7 Å². The molecule has 0 aromatic carbocycles. The number of aliphatic hydroxyl groups is 1. The first-order valence-corrected chi connectivity index (χ1v) is 13.2. The van der Waals surface area contributed by atoms with E-state index in [4.69, 9.17) is 9.26 Å². The fourth-order valence-electron chi connectivity index (χ4n) is 7.40. The Hall–Kier alpha value is -2.98.